The number of sulfonamides is 1. The monoisotopic (exact) mass is 300 g/mol. The molecule has 1 aromatic rings. The van der Waals surface area contributed by atoms with Gasteiger partial charge in [0.15, 0.2) is 5.03 Å². The standard InChI is InChI=1S/C13H24N4O2S/c1-3-14-7-12-8-15-17-13(12)20(18,19)16-9-11-6-4-5-10(11)2/h8,10-11,14,16H,3-7,9H2,1-2H3,(H,15,17). The highest BCUT2D eigenvalue weighted by Crippen LogP contribution is 2.30. The molecule has 0 spiro atoms. The Morgan fingerprint density at radius 2 is 2.25 bits per heavy atom. The van der Waals surface area contributed by atoms with Gasteiger partial charge in [0.1, 0.15) is 0 Å². The van der Waals surface area contributed by atoms with Crippen molar-refractivity contribution in [2.24, 2.45) is 11.8 Å². The average Bonchev–Trinajstić information content (AvgIpc) is 3.03. The van der Waals surface area contributed by atoms with Gasteiger partial charge in [0, 0.05) is 18.7 Å². The SMILES string of the molecule is CCNCc1cn[nH]c1S(=O)(=O)NCC1CCCC1C. The zero-order valence-electron chi connectivity index (χ0n) is 12.1. The number of aromatic amines is 1. The first-order chi connectivity index (χ1) is 9.54. The van der Waals surface area contributed by atoms with Crippen LogP contribution in [0.2, 0.25) is 0 Å². The third-order valence-electron chi connectivity index (χ3n) is 4.09. The maximum absolute atomic E-state index is 12.3. The van der Waals surface area contributed by atoms with Crippen LogP contribution in [-0.2, 0) is 16.6 Å². The van der Waals surface area contributed by atoms with E-state index in [-0.39, 0.29) is 5.03 Å². The van der Waals surface area contributed by atoms with E-state index >= 15 is 0 Å². The quantitative estimate of drug-likeness (QED) is 0.707. The lowest BCUT2D eigenvalue weighted by molar-refractivity contribution is 0.414. The van der Waals surface area contributed by atoms with Crippen molar-refractivity contribution in [1.29, 1.82) is 0 Å². The molecule has 1 heterocycles. The lowest BCUT2D eigenvalue weighted by Gasteiger charge is -2.16. The van der Waals surface area contributed by atoms with Crippen LogP contribution in [0.15, 0.2) is 11.2 Å². The Balaban J connectivity index is 2.01. The van der Waals surface area contributed by atoms with Crippen LogP contribution in [0.3, 0.4) is 0 Å². The van der Waals surface area contributed by atoms with Gasteiger partial charge in [-0.3, -0.25) is 5.10 Å². The maximum Gasteiger partial charge on any atom is 0.257 e. The van der Waals surface area contributed by atoms with E-state index in [1.807, 2.05) is 6.92 Å². The van der Waals surface area contributed by atoms with E-state index in [2.05, 4.69) is 27.2 Å². The summed E-state index contributed by atoms with van der Waals surface area (Å²) in [5.41, 5.74) is 0.679. The summed E-state index contributed by atoms with van der Waals surface area (Å²) in [6.07, 6.45) is 5.07. The molecule has 7 heteroatoms. The zero-order valence-corrected chi connectivity index (χ0v) is 13.0. The number of rotatable bonds is 7. The van der Waals surface area contributed by atoms with Gasteiger partial charge in [0.25, 0.3) is 10.0 Å². The summed E-state index contributed by atoms with van der Waals surface area (Å²) in [5.74, 6) is 1.05. The molecule has 1 saturated carbocycles. The molecule has 0 aliphatic heterocycles. The molecule has 20 heavy (non-hydrogen) atoms. The summed E-state index contributed by atoms with van der Waals surface area (Å²) >= 11 is 0. The largest absolute Gasteiger partial charge is 0.313 e. The van der Waals surface area contributed by atoms with Crippen LogP contribution in [0.5, 0.6) is 0 Å². The summed E-state index contributed by atoms with van der Waals surface area (Å²) in [5, 5.41) is 9.75. The van der Waals surface area contributed by atoms with Crippen molar-refractivity contribution in [2.45, 2.75) is 44.7 Å². The highest BCUT2D eigenvalue weighted by Gasteiger charge is 2.26. The predicted molar refractivity (Wildman–Crippen MR) is 77.7 cm³/mol. The minimum absolute atomic E-state index is 0.184. The van der Waals surface area contributed by atoms with E-state index in [1.54, 1.807) is 6.20 Å². The normalized spacial score (nSPS) is 23.3. The second-order valence-electron chi connectivity index (χ2n) is 5.52. The summed E-state index contributed by atoms with van der Waals surface area (Å²) in [6.45, 7) is 5.98. The van der Waals surface area contributed by atoms with Gasteiger partial charge < -0.3 is 5.32 Å². The lowest BCUT2D eigenvalue weighted by atomic mass is 9.99. The fraction of sp³-hybridized carbons (Fsp3) is 0.769. The summed E-state index contributed by atoms with van der Waals surface area (Å²) in [4.78, 5) is 0. The van der Waals surface area contributed by atoms with Crippen LogP contribution < -0.4 is 10.0 Å². The van der Waals surface area contributed by atoms with Crippen molar-refractivity contribution in [2.75, 3.05) is 13.1 Å². The molecular weight excluding hydrogens is 276 g/mol. The Morgan fingerprint density at radius 3 is 2.90 bits per heavy atom. The van der Waals surface area contributed by atoms with E-state index in [4.69, 9.17) is 0 Å². The Hall–Kier alpha value is -0.920. The molecule has 6 nitrogen and oxygen atoms in total. The summed E-state index contributed by atoms with van der Waals surface area (Å²) < 4.78 is 27.4. The number of nitrogens with zero attached hydrogens (tertiary/aromatic N) is 1. The number of hydrogen-bond acceptors (Lipinski definition) is 4. The van der Waals surface area contributed by atoms with Crippen LogP contribution in [0.4, 0.5) is 0 Å². The number of hydrogen-bond donors (Lipinski definition) is 3. The van der Waals surface area contributed by atoms with Crippen LogP contribution >= 0.6 is 0 Å². The van der Waals surface area contributed by atoms with E-state index in [9.17, 15) is 8.42 Å². The topological polar surface area (TPSA) is 86.9 Å². The van der Waals surface area contributed by atoms with E-state index in [1.165, 1.54) is 12.8 Å². The van der Waals surface area contributed by atoms with E-state index in [0.29, 0.717) is 30.5 Å². The van der Waals surface area contributed by atoms with Gasteiger partial charge in [0.05, 0.1) is 6.20 Å². The zero-order chi connectivity index (χ0) is 14.6. The molecule has 0 aromatic carbocycles. The van der Waals surface area contributed by atoms with Crippen LogP contribution in [0.1, 0.15) is 38.7 Å². The molecule has 1 aliphatic rings. The third-order valence-corrected chi connectivity index (χ3v) is 5.52. The van der Waals surface area contributed by atoms with Crippen LogP contribution in [0.25, 0.3) is 0 Å². The summed E-state index contributed by atoms with van der Waals surface area (Å²) in [7, 11) is -3.50. The fourth-order valence-electron chi connectivity index (χ4n) is 2.73. The van der Waals surface area contributed by atoms with Gasteiger partial charge in [-0.1, -0.05) is 26.7 Å². The molecule has 0 radical (unpaired) electrons. The van der Waals surface area contributed by atoms with Gasteiger partial charge in [-0.15, -0.1) is 0 Å². The highest BCUT2D eigenvalue weighted by atomic mass is 32.2. The van der Waals surface area contributed by atoms with E-state index < -0.39 is 10.0 Å². The van der Waals surface area contributed by atoms with Crippen molar-refractivity contribution in [1.82, 2.24) is 20.2 Å². The molecule has 0 amide bonds. The molecule has 114 valence electrons. The van der Waals surface area contributed by atoms with Crippen molar-refractivity contribution in [3.05, 3.63) is 11.8 Å². The number of H-pyrrole nitrogens is 1. The molecule has 2 atom stereocenters. The van der Waals surface area contributed by atoms with Crippen LogP contribution in [-0.4, -0.2) is 31.7 Å². The number of nitrogens with one attached hydrogen (secondary N) is 3. The Labute approximate surface area is 120 Å². The average molecular weight is 300 g/mol. The maximum atomic E-state index is 12.3. The van der Waals surface area contributed by atoms with Gasteiger partial charge in [-0.25, -0.2) is 13.1 Å². The van der Waals surface area contributed by atoms with Crippen molar-refractivity contribution >= 4 is 10.0 Å². The van der Waals surface area contributed by atoms with Gasteiger partial charge in [-0.05, 0) is 24.8 Å². The summed E-state index contributed by atoms with van der Waals surface area (Å²) in [6, 6.07) is 0. The molecule has 1 aromatic heterocycles. The molecule has 1 aliphatic carbocycles. The van der Waals surface area contributed by atoms with Crippen molar-refractivity contribution < 1.29 is 8.42 Å². The molecule has 0 bridgehead atoms. The number of aromatic nitrogens is 2. The first-order valence-electron chi connectivity index (χ1n) is 7.27. The highest BCUT2D eigenvalue weighted by molar-refractivity contribution is 7.89. The fourth-order valence-corrected chi connectivity index (χ4v) is 3.95. The van der Waals surface area contributed by atoms with Gasteiger partial charge >= 0.3 is 0 Å². The van der Waals surface area contributed by atoms with Crippen LogP contribution in [0, 0.1) is 11.8 Å². The molecule has 0 saturated heterocycles. The molecule has 1 fully saturated rings. The minimum atomic E-state index is -3.50. The second-order valence-corrected chi connectivity index (χ2v) is 7.23. The Morgan fingerprint density at radius 1 is 1.45 bits per heavy atom. The predicted octanol–water partition coefficient (Wildman–Crippen LogP) is 1.23. The van der Waals surface area contributed by atoms with Crippen molar-refractivity contribution in [3.8, 4) is 0 Å². The second kappa shape index (κ2) is 6.69. The first kappa shape index (κ1) is 15.5. The Kier molecular flexibility index (Phi) is 5.17. The van der Waals surface area contributed by atoms with Gasteiger partial charge in [-0.2, -0.15) is 5.10 Å². The smallest absolute Gasteiger partial charge is 0.257 e. The van der Waals surface area contributed by atoms with Crippen molar-refractivity contribution in [3.63, 3.8) is 0 Å². The molecule has 3 N–H and O–H groups in total. The Bertz CT molecular complexity index is 526. The molecule has 2 unspecified atom stereocenters. The first-order valence-corrected chi connectivity index (χ1v) is 8.75. The molecule has 2 rings (SSSR count). The molecular formula is C13H24N4O2S. The van der Waals surface area contributed by atoms with E-state index in [0.717, 1.165) is 13.0 Å². The van der Waals surface area contributed by atoms with Gasteiger partial charge in [0.2, 0.25) is 0 Å². The third kappa shape index (κ3) is 3.59. The minimum Gasteiger partial charge on any atom is -0.313 e. The lowest BCUT2D eigenvalue weighted by Crippen LogP contribution is -2.31.